The summed E-state index contributed by atoms with van der Waals surface area (Å²) in [5.74, 6) is 1.80. The molecule has 3 heteroatoms. The van der Waals surface area contributed by atoms with E-state index in [0.717, 1.165) is 18.4 Å². The van der Waals surface area contributed by atoms with Crippen LogP contribution in [0.5, 0.6) is 0 Å². The minimum Gasteiger partial charge on any atom is -0.298 e. The van der Waals surface area contributed by atoms with Gasteiger partial charge in [-0.3, -0.25) is 9.88 Å². The summed E-state index contributed by atoms with van der Waals surface area (Å²) in [6.07, 6.45) is 4.74. The third-order valence-electron chi connectivity index (χ3n) is 3.44. The van der Waals surface area contributed by atoms with Crippen molar-refractivity contribution in [2.24, 2.45) is 11.8 Å². The predicted octanol–water partition coefficient (Wildman–Crippen LogP) is 3.01. The van der Waals surface area contributed by atoms with E-state index in [1.807, 2.05) is 11.7 Å². The molecule has 0 spiro atoms. The van der Waals surface area contributed by atoms with E-state index in [1.165, 1.54) is 30.8 Å². The van der Waals surface area contributed by atoms with Gasteiger partial charge in [0.2, 0.25) is 0 Å². The zero-order valence-electron chi connectivity index (χ0n) is 9.65. The van der Waals surface area contributed by atoms with E-state index >= 15 is 0 Å². The topological polar surface area (TPSA) is 16.1 Å². The zero-order valence-corrected chi connectivity index (χ0v) is 10.5. The summed E-state index contributed by atoms with van der Waals surface area (Å²) in [6.45, 7) is 8.34. The zero-order chi connectivity index (χ0) is 10.7. The molecule has 1 aromatic heterocycles. The van der Waals surface area contributed by atoms with E-state index < -0.39 is 0 Å². The molecule has 1 aliphatic heterocycles. The first kappa shape index (κ1) is 11.1. The van der Waals surface area contributed by atoms with E-state index in [4.69, 9.17) is 0 Å². The van der Waals surface area contributed by atoms with Gasteiger partial charge in [-0.1, -0.05) is 13.8 Å². The fourth-order valence-electron chi connectivity index (χ4n) is 2.32. The van der Waals surface area contributed by atoms with Gasteiger partial charge in [0.05, 0.1) is 5.51 Å². The van der Waals surface area contributed by atoms with E-state index in [-0.39, 0.29) is 0 Å². The van der Waals surface area contributed by atoms with Crippen molar-refractivity contribution in [1.82, 2.24) is 9.88 Å². The lowest BCUT2D eigenvalue weighted by Gasteiger charge is -2.33. The normalized spacial score (nSPS) is 19.9. The molecular weight excluding hydrogens is 204 g/mol. The van der Waals surface area contributed by atoms with Crippen LogP contribution in [-0.4, -0.2) is 23.0 Å². The van der Waals surface area contributed by atoms with Crippen LogP contribution < -0.4 is 0 Å². The molecule has 0 saturated carbocycles. The molecule has 2 heterocycles. The second-order valence-corrected chi connectivity index (χ2v) is 5.80. The van der Waals surface area contributed by atoms with Crippen LogP contribution in [0, 0.1) is 11.8 Å². The van der Waals surface area contributed by atoms with Crippen molar-refractivity contribution < 1.29 is 0 Å². The molecule has 0 radical (unpaired) electrons. The van der Waals surface area contributed by atoms with E-state index in [0.29, 0.717) is 0 Å². The van der Waals surface area contributed by atoms with Crippen LogP contribution in [0.1, 0.15) is 31.6 Å². The molecule has 0 N–H and O–H groups in total. The molecule has 2 rings (SSSR count). The SMILES string of the molecule is CC(C)C1CCN(Cc2cncs2)CC1. The summed E-state index contributed by atoms with van der Waals surface area (Å²) in [4.78, 5) is 8.09. The first-order valence-electron chi connectivity index (χ1n) is 5.85. The van der Waals surface area contributed by atoms with Crippen LogP contribution in [0.2, 0.25) is 0 Å². The standard InChI is InChI=1S/C12H20N2S/c1-10(2)11-3-5-14(6-4-11)8-12-7-13-9-15-12/h7,9-11H,3-6,8H2,1-2H3. The molecule has 0 amide bonds. The number of hydrogen-bond donors (Lipinski definition) is 0. The Bertz CT molecular complexity index is 274. The number of piperidine rings is 1. The molecule has 15 heavy (non-hydrogen) atoms. The average molecular weight is 224 g/mol. The summed E-state index contributed by atoms with van der Waals surface area (Å²) in [7, 11) is 0. The highest BCUT2D eigenvalue weighted by atomic mass is 32.1. The first-order chi connectivity index (χ1) is 7.25. The van der Waals surface area contributed by atoms with Crippen molar-refractivity contribution in [2.75, 3.05) is 13.1 Å². The lowest BCUT2D eigenvalue weighted by Crippen LogP contribution is -2.34. The summed E-state index contributed by atoms with van der Waals surface area (Å²) in [6, 6.07) is 0. The first-order valence-corrected chi connectivity index (χ1v) is 6.73. The van der Waals surface area contributed by atoms with Crippen molar-refractivity contribution in [3.63, 3.8) is 0 Å². The molecule has 0 aromatic carbocycles. The Morgan fingerprint density at radius 2 is 2.20 bits per heavy atom. The Morgan fingerprint density at radius 1 is 1.47 bits per heavy atom. The van der Waals surface area contributed by atoms with Crippen LogP contribution >= 0.6 is 11.3 Å². The van der Waals surface area contributed by atoms with Crippen LogP contribution in [0.4, 0.5) is 0 Å². The van der Waals surface area contributed by atoms with Crippen LogP contribution in [0.15, 0.2) is 11.7 Å². The average Bonchev–Trinajstić information content (AvgIpc) is 2.71. The van der Waals surface area contributed by atoms with Crippen molar-refractivity contribution in [3.05, 3.63) is 16.6 Å². The molecule has 1 fully saturated rings. The van der Waals surface area contributed by atoms with Crippen LogP contribution in [0.3, 0.4) is 0 Å². The van der Waals surface area contributed by atoms with Gasteiger partial charge in [-0.25, -0.2) is 0 Å². The Labute approximate surface area is 96.3 Å². The van der Waals surface area contributed by atoms with Gasteiger partial charge in [0.15, 0.2) is 0 Å². The lowest BCUT2D eigenvalue weighted by atomic mass is 9.87. The summed E-state index contributed by atoms with van der Waals surface area (Å²) >= 11 is 1.77. The quantitative estimate of drug-likeness (QED) is 0.784. The van der Waals surface area contributed by atoms with Gasteiger partial charge in [0.25, 0.3) is 0 Å². The highest BCUT2D eigenvalue weighted by molar-refractivity contribution is 7.09. The maximum atomic E-state index is 4.12. The van der Waals surface area contributed by atoms with Crippen LogP contribution in [0.25, 0.3) is 0 Å². The summed E-state index contributed by atoms with van der Waals surface area (Å²) in [5, 5.41) is 0. The van der Waals surface area contributed by atoms with E-state index in [1.54, 1.807) is 11.3 Å². The number of hydrogen-bond acceptors (Lipinski definition) is 3. The monoisotopic (exact) mass is 224 g/mol. The second-order valence-electron chi connectivity index (χ2n) is 4.83. The molecule has 1 aliphatic rings. The lowest BCUT2D eigenvalue weighted by molar-refractivity contribution is 0.153. The highest BCUT2D eigenvalue weighted by Gasteiger charge is 2.21. The number of rotatable bonds is 3. The van der Waals surface area contributed by atoms with Crippen molar-refractivity contribution in [2.45, 2.75) is 33.2 Å². The predicted molar refractivity (Wildman–Crippen MR) is 65.0 cm³/mol. The Balaban J connectivity index is 1.79. The van der Waals surface area contributed by atoms with Gasteiger partial charge < -0.3 is 0 Å². The molecule has 0 unspecified atom stereocenters. The van der Waals surface area contributed by atoms with Crippen molar-refractivity contribution in [1.29, 1.82) is 0 Å². The third-order valence-corrected chi connectivity index (χ3v) is 4.20. The molecule has 0 atom stereocenters. The van der Waals surface area contributed by atoms with Gasteiger partial charge >= 0.3 is 0 Å². The van der Waals surface area contributed by atoms with Gasteiger partial charge in [-0.05, 0) is 37.8 Å². The molecule has 0 aliphatic carbocycles. The van der Waals surface area contributed by atoms with Gasteiger partial charge in [-0.2, -0.15) is 0 Å². The highest BCUT2D eigenvalue weighted by Crippen LogP contribution is 2.25. The van der Waals surface area contributed by atoms with Crippen molar-refractivity contribution in [3.8, 4) is 0 Å². The molecule has 0 bridgehead atoms. The van der Waals surface area contributed by atoms with Gasteiger partial charge in [-0.15, -0.1) is 11.3 Å². The minimum atomic E-state index is 0.857. The van der Waals surface area contributed by atoms with Gasteiger partial charge in [0, 0.05) is 17.6 Å². The van der Waals surface area contributed by atoms with E-state index in [2.05, 4.69) is 23.7 Å². The molecule has 84 valence electrons. The Morgan fingerprint density at radius 3 is 2.73 bits per heavy atom. The number of likely N-dealkylation sites (tertiary alicyclic amines) is 1. The summed E-state index contributed by atoms with van der Waals surface area (Å²) < 4.78 is 0. The maximum Gasteiger partial charge on any atom is 0.0794 e. The molecular formula is C12H20N2S. The fraction of sp³-hybridized carbons (Fsp3) is 0.750. The smallest absolute Gasteiger partial charge is 0.0794 e. The molecule has 2 nitrogen and oxygen atoms in total. The van der Waals surface area contributed by atoms with Crippen LogP contribution in [-0.2, 0) is 6.54 Å². The fourth-order valence-corrected chi connectivity index (χ4v) is 2.95. The molecule has 1 saturated heterocycles. The summed E-state index contributed by atoms with van der Waals surface area (Å²) in [5.41, 5.74) is 1.93. The number of thiazole rings is 1. The second kappa shape index (κ2) is 5.08. The largest absolute Gasteiger partial charge is 0.298 e. The van der Waals surface area contributed by atoms with Crippen molar-refractivity contribution >= 4 is 11.3 Å². The Kier molecular flexibility index (Phi) is 3.76. The molecule has 1 aromatic rings. The Hall–Kier alpha value is -0.410. The minimum absolute atomic E-state index is 0.857. The number of aromatic nitrogens is 1. The third kappa shape index (κ3) is 3.02. The van der Waals surface area contributed by atoms with E-state index in [9.17, 15) is 0 Å². The van der Waals surface area contributed by atoms with Gasteiger partial charge in [0.1, 0.15) is 0 Å². The number of nitrogens with zero attached hydrogens (tertiary/aromatic N) is 2. The maximum absolute atomic E-state index is 4.12.